The maximum absolute atomic E-state index is 11.6. The second-order valence-corrected chi connectivity index (χ2v) is 5.39. The third kappa shape index (κ3) is 2.44. The van der Waals surface area contributed by atoms with E-state index in [9.17, 15) is 9.36 Å². The molecule has 1 heterocycles. The summed E-state index contributed by atoms with van der Waals surface area (Å²) in [6, 6.07) is 5.67. The Morgan fingerprint density at radius 2 is 2.12 bits per heavy atom. The number of carbonyl (C=O) groups is 1. The Kier molecular flexibility index (Phi) is 2.87. The van der Waals surface area contributed by atoms with Crippen LogP contribution in [0.25, 0.3) is 0 Å². The molecule has 1 aliphatic heterocycles. The average Bonchev–Trinajstić information content (AvgIpc) is 2.57. The van der Waals surface area contributed by atoms with E-state index in [1.165, 1.54) is 18.2 Å². The SMILES string of the molecule is CC1=NN(c2cccc(P(=O)(O)O)c2)C(=O)C1. The van der Waals surface area contributed by atoms with Gasteiger partial charge >= 0.3 is 7.60 Å². The zero-order chi connectivity index (χ0) is 12.6. The molecule has 0 aromatic heterocycles. The van der Waals surface area contributed by atoms with Crippen LogP contribution in [-0.4, -0.2) is 21.4 Å². The lowest BCUT2D eigenvalue weighted by molar-refractivity contribution is -0.116. The number of nitrogens with zero attached hydrogens (tertiary/aromatic N) is 2. The first-order chi connectivity index (χ1) is 7.88. The first-order valence-corrected chi connectivity index (χ1v) is 6.52. The van der Waals surface area contributed by atoms with E-state index in [-0.39, 0.29) is 17.6 Å². The molecule has 0 saturated carbocycles. The summed E-state index contributed by atoms with van der Waals surface area (Å²) in [4.78, 5) is 29.7. The summed E-state index contributed by atoms with van der Waals surface area (Å²) in [5.41, 5.74) is 1.05. The normalized spacial score (nSPS) is 16.3. The monoisotopic (exact) mass is 254 g/mol. The van der Waals surface area contributed by atoms with E-state index in [0.29, 0.717) is 11.4 Å². The number of amides is 1. The zero-order valence-corrected chi connectivity index (χ0v) is 9.96. The van der Waals surface area contributed by atoms with Crippen LogP contribution >= 0.6 is 7.60 Å². The largest absolute Gasteiger partial charge is 0.356 e. The quantitative estimate of drug-likeness (QED) is 0.756. The van der Waals surface area contributed by atoms with Crippen molar-refractivity contribution < 1.29 is 19.1 Å². The first-order valence-electron chi connectivity index (χ1n) is 4.91. The first kappa shape index (κ1) is 12.0. The van der Waals surface area contributed by atoms with E-state index in [1.807, 2.05) is 0 Å². The van der Waals surface area contributed by atoms with Gasteiger partial charge in [0.25, 0.3) is 5.91 Å². The van der Waals surface area contributed by atoms with Crippen molar-refractivity contribution in [1.82, 2.24) is 0 Å². The Hall–Kier alpha value is -1.49. The van der Waals surface area contributed by atoms with Gasteiger partial charge in [-0.15, -0.1) is 0 Å². The topological polar surface area (TPSA) is 90.2 Å². The third-order valence-electron chi connectivity index (χ3n) is 2.32. The summed E-state index contributed by atoms with van der Waals surface area (Å²) in [5, 5.41) is 5.05. The molecule has 7 heteroatoms. The minimum Gasteiger partial charge on any atom is -0.321 e. The summed E-state index contributed by atoms with van der Waals surface area (Å²) < 4.78 is 11.1. The summed E-state index contributed by atoms with van der Waals surface area (Å²) in [5.74, 6) is -0.203. The maximum atomic E-state index is 11.6. The lowest BCUT2D eigenvalue weighted by Gasteiger charge is -2.13. The second kappa shape index (κ2) is 4.07. The minimum atomic E-state index is -4.31. The van der Waals surface area contributed by atoms with E-state index in [1.54, 1.807) is 13.0 Å². The van der Waals surface area contributed by atoms with Gasteiger partial charge < -0.3 is 9.79 Å². The molecule has 90 valence electrons. The van der Waals surface area contributed by atoms with Gasteiger partial charge in [0.15, 0.2) is 0 Å². The molecule has 0 unspecified atom stereocenters. The average molecular weight is 254 g/mol. The van der Waals surface area contributed by atoms with Crippen LogP contribution in [0, 0.1) is 0 Å². The van der Waals surface area contributed by atoms with Gasteiger partial charge in [-0.05, 0) is 25.1 Å². The van der Waals surface area contributed by atoms with Crippen molar-refractivity contribution in [3.63, 3.8) is 0 Å². The van der Waals surface area contributed by atoms with Crippen molar-refractivity contribution in [2.75, 3.05) is 5.01 Å². The summed E-state index contributed by atoms with van der Waals surface area (Å²) in [6.45, 7) is 1.73. The molecule has 1 aromatic rings. The van der Waals surface area contributed by atoms with Crippen molar-refractivity contribution in [3.8, 4) is 0 Å². The van der Waals surface area contributed by atoms with Crippen LogP contribution in [0.3, 0.4) is 0 Å². The number of rotatable bonds is 2. The van der Waals surface area contributed by atoms with Gasteiger partial charge in [-0.25, -0.2) is 5.01 Å². The fourth-order valence-corrected chi connectivity index (χ4v) is 2.14. The van der Waals surface area contributed by atoms with E-state index >= 15 is 0 Å². The van der Waals surface area contributed by atoms with Crippen LogP contribution < -0.4 is 10.3 Å². The summed E-state index contributed by atoms with van der Waals surface area (Å²) >= 11 is 0. The molecule has 0 fully saturated rings. The van der Waals surface area contributed by atoms with E-state index in [2.05, 4.69) is 5.10 Å². The lowest BCUT2D eigenvalue weighted by Crippen LogP contribution is -2.20. The molecule has 2 rings (SSSR count). The lowest BCUT2D eigenvalue weighted by atomic mass is 10.3. The molecule has 2 N–H and O–H groups in total. The van der Waals surface area contributed by atoms with Gasteiger partial charge in [-0.2, -0.15) is 5.10 Å². The Morgan fingerprint density at radius 1 is 1.41 bits per heavy atom. The van der Waals surface area contributed by atoms with E-state index in [4.69, 9.17) is 9.79 Å². The van der Waals surface area contributed by atoms with Crippen molar-refractivity contribution in [1.29, 1.82) is 0 Å². The van der Waals surface area contributed by atoms with Gasteiger partial charge in [0.1, 0.15) is 0 Å². The van der Waals surface area contributed by atoms with Gasteiger partial charge in [0.2, 0.25) is 0 Å². The molecule has 0 atom stereocenters. The highest BCUT2D eigenvalue weighted by Gasteiger charge is 2.24. The number of hydrogen-bond acceptors (Lipinski definition) is 3. The van der Waals surface area contributed by atoms with Gasteiger partial charge in [0.05, 0.1) is 17.4 Å². The van der Waals surface area contributed by atoms with Crippen LogP contribution in [0.2, 0.25) is 0 Å². The van der Waals surface area contributed by atoms with Crippen LogP contribution in [0.5, 0.6) is 0 Å². The maximum Gasteiger partial charge on any atom is 0.356 e. The van der Waals surface area contributed by atoms with Crippen LogP contribution in [0.1, 0.15) is 13.3 Å². The van der Waals surface area contributed by atoms with Crippen LogP contribution in [0.4, 0.5) is 5.69 Å². The minimum absolute atomic E-state index is 0.123. The smallest absolute Gasteiger partial charge is 0.321 e. The molecular weight excluding hydrogens is 243 g/mol. The predicted molar refractivity (Wildman–Crippen MR) is 63.3 cm³/mol. The van der Waals surface area contributed by atoms with Crippen molar-refractivity contribution >= 4 is 30.2 Å². The molecule has 0 aliphatic carbocycles. The Labute approximate surface area is 97.7 Å². The molecule has 1 aliphatic rings. The number of carbonyl (C=O) groups excluding carboxylic acids is 1. The highest BCUT2D eigenvalue weighted by atomic mass is 31.2. The van der Waals surface area contributed by atoms with Crippen LogP contribution in [0.15, 0.2) is 29.4 Å². The van der Waals surface area contributed by atoms with Gasteiger partial charge in [0, 0.05) is 5.71 Å². The molecule has 6 nitrogen and oxygen atoms in total. The van der Waals surface area contributed by atoms with Crippen LogP contribution in [-0.2, 0) is 9.36 Å². The molecule has 0 saturated heterocycles. The Balaban J connectivity index is 2.41. The standard InChI is InChI=1S/C10H11N2O4P/c1-7-5-10(13)12(11-7)8-3-2-4-9(6-8)17(14,15)16/h2-4,6H,5H2,1H3,(H2,14,15,16). The molecule has 1 aromatic carbocycles. The molecule has 0 spiro atoms. The fraction of sp³-hybridized carbons (Fsp3) is 0.200. The Morgan fingerprint density at radius 3 is 2.65 bits per heavy atom. The number of hydrazone groups is 1. The predicted octanol–water partition coefficient (Wildman–Crippen LogP) is 0.602. The van der Waals surface area contributed by atoms with Gasteiger partial charge in [-0.1, -0.05) is 6.07 Å². The number of benzene rings is 1. The van der Waals surface area contributed by atoms with Crippen molar-refractivity contribution in [2.45, 2.75) is 13.3 Å². The Bertz CT molecular complexity index is 549. The van der Waals surface area contributed by atoms with Crippen molar-refractivity contribution in [3.05, 3.63) is 24.3 Å². The molecular formula is C10H11N2O4P. The zero-order valence-electron chi connectivity index (χ0n) is 9.07. The van der Waals surface area contributed by atoms with Crippen molar-refractivity contribution in [2.24, 2.45) is 5.10 Å². The molecule has 17 heavy (non-hydrogen) atoms. The molecule has 1 amide bonds. The second-order valence-electron chi connectivity index (χ2n) is 3.78. The van der Waals surface area contributed by atoms with E-state index < -0.39 is 7.60 Å². The van der Waals surface area contributed by atoms with E-state index in [0.717, 1.165) is 5.01 Å². The highest BCUT2D eigenvalue weighted by molar-refractivity contribution is 7.60. The summed E-state index contributed by atoms with van der Waals surface area (Å²) in [7, 11) is -4.31. The number of hydrogen-bond donors (Lipinski definition) is 2. The molecule has 0 bridgehead atoms. The van der Waals surface area contributed by atoms with Gasteiger partial charge in [-0.3, -0.25) is 9.36 Å². The third-order valence-corrected chi connectivity index (χ3v) is 3.28. The fourth-order valence-electron chi connectivity index (χ4n) is 1.56. The number of anilines is 1. The molecule has 0 radical (unpaired) electrons. The highest BCUT2D eigenvalue weighted by Crippen LogP contribution is 2.34. The summed E-state index contributed by atoms with van der Waals surface area (Å²) in [6.07, 6.45) is 0.236.